The first kappa shape index (κ1) is 27.3. The third-order valence-electron chi connectivity index (χ3n) is 5.10. The lowest BCUT2D eigenvalue weighted by Crippen LogP contribution is -2.25. The molecule has 36 heavy (non-hydrogen) atoms. The number of rotatable bonds is 11. The summed E-state index contributed by atoms with van der Waals surface area (Å²) in [6.45, 7) is 1.75. The number of aliphatic carboxylic acids is 1. The number of carbonyl (C=O) groups is 2. The van der Waals surface area contributed by atoms with E-state index in [1.807, 2.05) is 0 Å². The molecule has 0 saturated heterocycles. The van der Waals surface area contributed by atoms with E-state index in [0.717, 1.165) is 6.33 Å². The number of anilines is 2. The minimum absolute atomic E-state index is 0.000883. The first-order valence-corrected chi connectivity index (χ1v) is 13.2. The highest BCUT2D eigenvalue weighted by Gasteiger charge is 2.20. The normalized spacial score (nSPS) is 12.1. The number of hydrogen-bond acceptors (Lipinski definition) is 8. The second kappa shape index (κ2) is 12.1. The number of carboxylic acid groups (broad SMARTS) is 1. The van der Waals surface area contributed by atoms with Gasteiger partial charge in [0.2, 0.25) is 0 Å². The lowest BCUT2D eigenvalue weighted by molar-refractivity contribution is -0.141. The number of sulfone groups is 1. The van der Waals surface area contributed by atoms with Crippen LogP contribution in [0.25, 0.3) is 0 Å². The van der Waals surface area contributed by atoms with Gasteiger partial charge in [-0.15, -0.1) is 0 Å². The molecule has 1 unspecified atom stereocenters. The van der Waals surface area contributed by atoms with Gasteiger partial charge in [-0.1, -0.05) is 42.3 Å². The van der Waals surface area contributed by atoms with E-state index >= 15 is 0 Å². The highest BCUT2D eigenvalue weighted by molar-refractivity contribution is 7.91. The molecule has 0 aliphatic heterocycles. The molecule has 1 atom stereocenters. The molecule has 1 aromatic carbocycles. The fourth-order valence-corrected chi connectivity index (χ4v) is 4.95. The summed E-state index contributed by atoms with van der Waals surface area (Å²) in [7, 11) is -3.53. The van der Waals surface area contributed by atoms with Crippen molar-refractivity contribution in [1.82, 2.24) is 15.0 Å². The van der Waals surface area contributed by atoms with Gasteiger partial charge in [-0.3, -0.25) is 14.6 Å². The Bertz CT molecular complexity index is 1330. The van der Waals surface area contributed by atoms with E-state index in [4.69, 9.17) is 23.2 Å². The second-order valence-corrected chi connectivity index (χ2v) is 10.7. The van der Waals surface area contributed by atoms with E-state index < -0.39 is 27.6 Å². The van der Waals surface area contributed by atoms with Crippen molar-refractivity contribution in [2.45, 2.75) is 24.8 Å². The number of hydrogen-bond donors (Lipinski definition) is 3. The summed E-state index contributed by atoms with van der Waals surface area (Å²) in [5, 5.41) is 15.5. The molecule has 2 heterocycles. The van der Waals surface area contributed by atoms with Crippen LogP contribution < -0.4 is 10.6 Å². The predicted molar refractivity (Wildman–Crippen MR) is 136 cm³/mol. The van der Waals surface area contributed by atoms with Gasteiger partial charge in [-0.2, -0.15) is 0 Å². The molecule has 190 valence electrons. The molecule has 3 N–H and O–H groups in total. The molecule has 0 bridgehead atoms. The largest absolute Gasteiger partial charge is 0.481 e. The third-order valence-corrected chi connectivity index (χ3v) is 7.48. The zero-order valence-corrected chi connectivity index (χ0v) is 21.4. The molecule has 3 rings (SSSR count). The summed E-state index contributed by atoms with van der Waals surface area (Å²) in [5.74, 6) is -2.15. The first-order chi connectivity index (χ1) is 17.1. The third kappa shape index (κ3) is 7.12. The molecule has 0 saturated carbocycles. The molecule has 0 radical (unpaired) electrons. The number of halogens is 2. The van der Waals surface area contributed by atoms with Crippen LogP contribution in [-0.4, -0.2) is 52.7 Å². The smallest absolute Gasteiger partial charge is 0.308 e. The average molecular weight is 552 g/mol. The number of carbonyl (C=O) groups excluding carboxylic acids is 1. The van der Waals surface area contributed by atoms with Crippen molar-refractivity contribution in [3.8, 4) is 0 Å². The minimum atomic E-state index is -3.53. The number of aromatic nitrogens is 3. The van der Waals surface area contributed by atoms with E-state index in [1.54, 1.807) is 31.2 Å². The molecule has 1 amide bonds. The van der Waals surface area contributed by atoms with Gasteiger partial charge in [0.05, 0.1) is 27.4 Å². The monoisotopic (exact) mass is 551 g/mol. The Morgan fingerprint density at radius 3 is 2.36 bits per heavy atom. The number of nitrogens with zero attached hydrogens (tertiary/aromatic N) is 3. The summed E-state index contributed by atoms with van der Waals surface area (Å²) in [4.78, 5) is 36.0. The van der Waals surface area contributed by atoms with Crippen molar-refractivity contribution in [2.24, 2.45) is 5.92 Å². The SMILES string of the molecule is CCCS(=O)(=O)c1cc(NCC(Cc2ccc(C(=O)Nc3c(Cl)cncc3Cl)cc2)C(=O)O)ncn1. The molecular formula is C23H23Cl2N5O5S. The van der Waals surface area contributed by atoms with E-state index in [2.05, 4.69) is 25.6 Å². The van der Waals surface area contributed by atoms with E-state index in [0.29, 0.717) is 17.5 Å². The maximum absolute atomic E-state index is 12.6. The number of nitrogens with one attached hydrogen (secondary N) is 2. The van der Waals surface area contributed by atoms with Gasteiger partial charge in [-0.25, -0.2) is 18.4 Å². The summed E-state index contributed by atoms with van der Waals surface area (Å²) in [6.07, 6.45) is 4.45. The van der Waals surface area contributed by atoms with Crippen molar-refractivity contribution in [3.05, 3.63) is 70.2 Å². The van der Waals surface area contributed by atoms with E-state index in [9.17, 15) is 23.1 Å². The number of amides is 1. The second-order valence-electron chi connectivity index (χ2n) is 7.81. The molecule has 13 heteroatoms. The Morgan fingerprint density at radius 2 is 1.75 bits per heavy atom. The predicted octanol–water partition coefficient (Wildman–Crippen LogP) is 3.97. The van der Waals surface area contributed by atoms with Gasteiger partial charge in [0.1, 0.15) is 12.1 Å². The summed E-state index contributed by atoms with van der Waals surface area (Å²) < 4.78 is 24.5. The summed E-state index contributed by atoms with van der Waals surface area (Å²) >= 11 is 12.1. The maximum atomic E-state index is 12.6. The standard InChI is InChI=1S/C23H23Cl2N5O5S/c1-2-7-36(34,35)20-9-19(28-13-29-20)27-10-16(23(32)33)8-14-3-5-15(6-4-14)22(31)30-21-17(24)11-26-12-18(21)25/h3-6,9,11-13,16H,2,7-8,10H2,1H3,(H,32,33)(H,26,30,31)(H,27,28,29). The van der Waals surface area contributed by atoms with Crippen molar-refractivity contribution >= 4 is 56.4 Å². The molecular weight excluding hydrogens is 529 g/mol. The Morgan fingerprint density at radius 1 is 1.08 bits per heavy atom. The number of carboxylic acids is 1. The molecule has 10 nitrogen and oxygen atoms in total. The molecule has 3 aromatic rings. The van der Waals surface area contributed by atoms with Crippen LogP contribution in [0.15, 0.2) is 54.1 Å². The average Bonchev–Trinajstić information content (AvgIpc) is 2.84. The fraction of sp³-hybridized carbons (Fsp3) is 0.261. The van der Waals surface area contributed by atoms with Crippen LogP contribution in [0.1, 0.15) is 29.3 Å². The molecule has 0 aliphatic rings. The van der Waals surface area contributed by atoms with E-state index in [-0.39, 0.29) is 45.3 Å². The lowest BCUT2D eigenvalue weighted by Gasteiger charge is -2.15. The van der Waals surface area contributed by atoms with Gasteiger partial charge >= 0.3 is 5.97 Å². The number of pyridine rings is 1. The molecule has 0 aliphatic carbocycles. The Labute approximate surface area is 218 Å². The van der Waals surface area contributed by atoms with Gasteiger partial charge < -0.3 is 15.7 Å². The van der Waals surface area contributed by atoms with Crippen LogP contribution in [-0.2, 0) is 21.1 Å². The van der Waals surface area contributed by atoms with Crippen molar-refractivity contribution < 1.29 is 23.1 Å². The van der Waals surface area contributed by atoms with E-state index in [1.165, 1.54) is 18.5 Å². The quantitative estimate of drug-likeness (QED) is 0.300. The highest BCUT2D eigenvalue weighted by Crippen LogP contribution is 2.29. The first-order valence-electron chi connectivity index (χ1n) is 10.8. The topological polar surface area (TPSA) is 151 Å². The number of benzene rings is 1. The van der Waals surface area contributed by atoms with Crippen LogP contribution >= 0.6 is 23.2 Å². The Balaban J connectivity index is 1.65. The zero-order chi connectivity index (χ0) is 26.3. The van der Waals surface area contributed by atoms with Crippen LogP contribution in [0.3, 0.4) is 0 Å². The van der Waals surface area contributed by atoms with Gasteiger partial charge in [0.25, 0.3) is 5.91 Å². The van der Waals surface area contributed by atoms with Crippen LogP contribution in [0.2, 0.25) is 10.0 Å². The van der Waals surface area contributed by atoms with Crippen molar-refractivity contribution in [2.75, 3.05) is 22.9 Å². The van der Waals surface area contributed by atoms with Gasteiger partial charge in [-0.05, 0) is 30.5 Å². The van der Waals surface area contributed by atoms with Crippen LogP contribution in [0.5, 0.6) is 0 Å². The van der Waals surface area contributed by atoms with Crippen molar-refractivity contribution in [1.29, 1.82) is 0 Å². The van der Waals surface area contributed by atoms with Crippen molar-refractivity contribution in [3.63, 3.8) is 0 Å². The van der Waals surface area contributed by atoms with Gasteiger partial charge in [0, 0.05) is 30.6 Å². The highest BCUT2D eigenvalue weighted by atomic mass is 35.5. The zero-order valence-electron chi connectivity index (χ0n) is 19.1. The van der Waals surface area contributed by atoms with Crippen LogP contribution in [0, 0.1) is 5.92 Å². The van der Waals surface area contributed by atoms with Gasteiger partial charge in [0.15, 0.2) is 14.9 Å². The molecule has 0 fully saturated rings. The Kier molecular flexibility index (Phi) is 9.19. The minimum Gasteiger partial charge on any atom is -0.481 e. The van der Waals surface area contributed by atoms with Crippen LogP contribution in [0.4, 0.5) is 11.5 Å². The lowest BCUT2D eigenvalue weighted by atomic mass is 9.98. The molecule has 2 aromatic heterocycles. The summed E-state index contributed by atoms with van der Waals surface area (Å²) in [6, 6.07) is 7.73. The molecule has 0 spiro atoms. The maximum Gasteiger partial charge on any atom is 0.308 e. The Hall–Kier alpha value is -3.28. The summed E-state index contributed by atoms with van der Waals surface area (Å²) in [5.41, 5.74) is 1.26. The fourth-order valence-electron chi connectivity index (χ4n) is 3.25.